The predicted molar refractivity (Wildman–Crippen MR) is 107 cm³/mol. The van der Waals surface area contributed by atoms with Gasteiger partial charge in [0, 0.05) is 37.3 Å². The number of imide groups is 1. The molecule has 0 aromatic rings. The van der Waals surface area contributed by atoms with Crippen LogP contribution in [0, 0.1) is 5.92 Å². The molecule has 2 heterocycles. The highest BCUT2D eigenvalue weighted by molar-refractivity contribution is 7.90. The number of urea groups is 1. The van der Waals surface area contributed by atoms with Gasteiger partial charge in [-0.2, -0.15) is 0 Å². The van der Waals surface area contributed by atoms with Crippen LogP contribution < -0.4 is 10.0 Å². The van der Waals surface area contributed by atoms with Crippen molar-refractivity contribution in [3.05, 3.63) is 0 Å². The van der Waals surface area contributed by atoms with E-state index in [1.54, 1.807) is 11.8 Å². The zero-order chi connectivity index (χ0) is 20.8. The van der Waals surface area contributed by atoms with Gasteiger partial charge in [0.05, 0.1) is 24.4 Å². The van der Waals surface area contributed by atoms with E-state index in [1.807, 2.05) is 6.92 Å². The maximum absolute atomic E-state index is 13.0. The summed E-state index contributed by atoms with van der Waals surface area (Å²) in [7, 11) is -3.49. The fourth-order valence-corrected chi connectivity index (χ4v) is 6.79. The third kappa shape index (κ3) is 4.17. The molecule has 0 radical (unpaired) electrons. The number of hydrogen-bond donors (Lipinski definition) is 2. The average Bonchev–Trinajstić information content (AvgIpc) is 3.41. The minimum atomic E-state index is -3.49. The Morgan fingerprint density at radius 2 is 2.03 bits per heavy atom. The Kier molecular flexibility index (Phi) is 5.65. The van der Waals surface area contributed by atoms with Gasteiger partial charge in [0.25, 0.3) is 0 Å². The number of amides is 3. The van der Waals surface area contributed by atoms with Crippen molar-refractivity contribution in [1.82, 2.24) is 19.8 Å². The monoisotopic (exact) mass is 428 g/mol. The fourth-order valence-electron chi connectivity index (χ4n) is 4.82. The van der Waals surface area contributed by atoms with Crippen molar-refractivity contribution in [3.63, 3.8) is 0 Å². The number of hydrogen-bond acceptors (Lipinski definition) is 6. The van der Waals surface area contributed by atoms with Crippen LogP contribution in [0.5, 0.6) is 0 Å². The molecular formula is C19H32N4O5S. The standard InChI is InChI=1S/C19H32N4O5S/c1-3-22-17(24)15-10-14(29(26,27)21-19(2)6-7-19)4-5-16(15)23(18(22)25)11-13-12-28-9-8-20-13/h13-16,20-21H,3-12H2,1-2H3. The van der Waals surface area contributed by atoms with Gasteiger partial charge in [-0.1, -0.05) is 0 Å². The number of carbonyl (C=O) groups is 2. The molecule has 2 aliphatic heterocycles. The van der Waals surface area contributed by atoms with E-state index in [4.69, 9.17) is 4.74 Å². The lowest BCUT2D eigenvalue weighted by Crippen LogP contribution is -2.66. The van der Waals surface area contributed by atoms with Crippen LogP contribution in [0.15, 0.2) is 0 Å². The molecule has 2 saturated carbocycles. The molecule has 9 nitrogen and oxygen atoms in total. The summed E-state index contributed by atoms with van der Waals surface area (Å²) in [6, 6.07) is -0.487. The minimum Gasteiger partial charge on any atom is -0.378 e. The van der Waals surface area contributed by atoms with Crippen molar-refractivity contribution in [2.45, 2.75) is 68.8 Å². The first-order valence-corrected chi connectivity index (χ1v) is 12.2. The number of morpholine rings is 1. The summed E-state index contributed by atoms with van der Waals surface area (Å²) < 4.78 is 34.1. The minimum absolute atomic E-state index is 0.0261. The smallest absolute Gasteiger partial charge is 0.327 e. The van der Waals surface area contributed by atoms with Crippen molar-refractivity contribution in [1.29, 1.82) is 0 Å². The number of fused-ring (bicyclic) bond motifs is 1. The number of sulfonamides is 1. The molecule has 2 saturated heterocycles. The normalized spacial score (nSPS) is 34.8. The topological polar surface area (TPSA) is 108 Å². The summed E-state index contributed by atoms with van der Waals surface area (Å²) in [6.07, 6.45) is 2.96. The van der Waals surface area contributed by atoms with Gasteiger partial charge >= 0.3 is 6.03 Å². The lowest BCUT2D eigenvalue weighted by Gasteiger charge is -2.49. The molecule has 0 bridgehead atoms. The molecule has 2 aliphatic carbocycles. The Labute approximate surface area is 172 Å². The fraction of sp³-hybridized carbons (Fsp3) is 0.895. The Bertz CT molecular complexity index is 763. The molecule has 4 rings (SSSR count). The maximum Gasteiger partial charge on any atom is 0.327 e. The molecule has 4 unspecified atom stereocenters. The Balaban J connectivity index is 1.52. The van der Waals surface area contributed by atoms with Gasteiger partial charge in [-0.15, -0.1) is 0 Å². The molecule has 3 amide bonds. The van der Waals surface area contributed by atoms with Crippen LogP contribution in [0.25, 0.3) is 0 Å². The van der Waals surface area contributed by atoms with Crippen LogP contribution >= 0.6 is 0 Å². The van der Waals surface area contributed by atoms with Gasteiger partial charge in [-0.3, -0.25) is 9.69 Å². The van der Waals surface area contributed by atoms with Gasteiger partial charge in [0.15, 0.2) is 0 Å². The Hall–Kier alpha value is -1.23. The molecule has 4 aliphatic rings. The second-order valence-electron chi connectivity index (χ2n) is 9.06. The molecule has 29 heavy (non-hydrogen) atoms. The lowest BCUT2D eigenvalue weighted by atomic mass is 9.80. The third-order valence-corrected chi connectivity index (χ3v) is 8.87. The summed E-state index contributed by atoms with van der Waals surface area (Å²) in [5, 5.41) is 2.78. The van der Waals surface area contributed by atoms with Crippen molar-refractivity contribution in [3.8, 4) is 0 Å². The summed E-state index contributed by atoms with van der Waals surface area (Å²) >= 11 is 0. The van der Waals surface area contributed by atoms with Crippen LogP contribution in [-0.2, 0) is 19.6 Å². The Morgan fingerprint density at radius 3 is 2.66 bits per heavy atom. The third-order valence-electron chi connectivity index (χ3n) is 6.79. The van der Waals surface area contributed by atoms with E-state index >= 15 is 0 Å². The van der Waals surface area contributed by atoms with E-state index in [0.29, 0.717) is 39.1 Å². The molecule has 4 atom stereocenters. The van der Waals surface area contributed by atoms with Crippen molar-refractivity contribution in [2.75, 3.05) is 32.8 Å². The van der Waals surface area contributed by atoms with Crippen LogP contribution in [0.2, 0.25) is 0 Å². The second kappa shape index (κ2) is 7.79. The lowest BCUT2D eigenvalue weighted by molar-refractivity contribution is -0.140. The van der Waals surface area contributed by atoms with E-state index in [1.165, 1.54) is 4.90 Å². The largest absolute Gasteiger partial charge is 0.378 e. The van der Waals surface area contributed by atoms with Gasteiger partial charge < -0.3 is 15.0 Å². The first kappa shape index (κ1) is 21.0. The number of nitrogens with zero attached hydrogens (tertiary/aromatic N) is 2. The van der Waals surface area contributed by atoms with Crippen LogP contribution in [-0.4, -0.2) is 85.9 Å². The summed E-state index contributed by atoms with van der Waals surface area (Å²) in [4.78, 5) is 29.1. The first-order chi connectivity index (χ1) is 13.7. The number of rotatable bonds is 6. The summed E-state index contributed by atoms with van der Waals surface area (Å²) in [6.45, 7) is 6.38. The van der Waals surface area contributed by atoms with Gasteiger partial charge in [-0.25, -0.2) is 17.9 Å². The Morgan fingerprint density at radius 1 is 1.28 bits per heavy atom. The first-order valence-electron chi connectivity index (χ1n) is 10.7. The van der Waals surface area contributed by atoms with Gasteiger partial charge in [0.1, 0.15) is 0 Å². The maximum atomic E-state index is 13.0. The zero-order valence-corrected chi connectivity index (χ0v) is 18.0. The highest BCUT2D eigenvalue weighted by atomic mass is 32.2. The number of nitrogens with one attached hydrogen (secondary N) is 2. The van der Waals surface area contributed by atoms with E-state index in [2.05, 4.69) is 10.0 Å². The highest BCUT2D eigenvalue weighted by Crippen LogP contribution is 2.40. The van der Waals surface area contributed by atoms with E-state index in [-0.39, 0.29) is 36.0 Å². The molecule has 0 aromatic carbocycles. The van der Waals surface area contributed by atoms with Crippen molar-refractivity contribution < 1.29 is 22.7 Å². The van der Waals surface area contributed by atoms with E-state index in [9.17, 15) is 18.0 Å². The SMILES string of the molecule is CCN1C(=O)C2CC(S(=O)(=O)NC3(C)CC3)CCC2N(CC2COCCN2)C1=O. The van der Waals surface area contributed by atoms with Gasteiger partial charge in [0.2, 0.25) is 15.9 Å². The molecule has 0 spiro atoms. The predicted octanol–water partition coefficient (Wildman–Crippen LogP) is 0.268. The van der Waals surface area contributed by atoms with Crippen LogP contribution in [0.3, 0.4) is 0 Å². The van der Waals surface area contributed by atoms with E-state index < -0.39 is 21.2 Å². The van der Waals surface area contributed by atoms with Crippen LogP contribution in [0.4, 0.5) is 4.79 Å². The highest BCUT2D eigenvalue weighted by Gasteiger charge is 2.52. The van der Waals surface area contributed by atoms with Crippen molar-refractivity contribution in [2.24, 2.45) is 5.92 Å². The molecule has 0 aromatic heterocycles. The average molecular weight is 429 g/mol. The van der Waals surface area contributed by atoms with Crippen molar-refractivity contribution >= 4 is 22.0 Å². The van der Waals surface area contributed by atoms with Crippen LogP contribution in [0.1, 0.15) is 46.0 Å². The molecular weight excluding hydrogens is 396 g/mol. The number of ether oxygens (including phenoxy) is 1. The molecule has 2 N–H and O–H groups in total. The van der Waals surface area contributed by atoms with Gasteiger partial charge in [-0.05, 0) is 46.0 Å². The molecule has 4 fully saturated rings. The molecule has 164 valence electrons. The zero-order valence-electron chi connectivity index (χ0n) is 17.2. The summed E-state index contributed by atoms with van der Waals surface area (Å²) in [5.41, 5.74) is -0.323. The number of carbonyl (C=O) groups excluding carboxylic acids is 2. The second-order valence-corrected chi connectivity index (χ2v) is 11.0. The summed E-state index contributed by atoms with van der Waals surface area (Å²) in [5.74, 6) is -0.705. The quantitative estimate of drug-likeness (QED) is 0.629. The van der Waals surface area contributed by atoms with E-state index in [0.717, 1.165) is 19.4 Å². The molecule has 10 heteroatoms.